The third kappa shape index (κ3) is 2.98. The maximum Gasteiger partial charge on any atom is 0.416 e. The molecule has 0 aliphatic rings. The number of rotatable bonds is 3. The lowest BCUT2D eigenvalue weighted by Crippen LogP contribution is -2.12. The van der Waals surface area contributed by atoms with Crippen LogP contribution >= 0.6 is 0 Å². The van der Waals surface area contributed by atoms with Crippen LogP contribution in [0.3, 0.4) is 0 Å². The largest absolute Gasteiger partial charge is 0.481 e. The average Bonchev–Trinajstić information content (AvgIpc) is 2.15. The molecule has 0 aliphatic carbocycles. The van der Waals surface area contributed by atoms with Crippen LogP contribution in [-0.2, 0) is 11.0 Å². The minimum atomic E-state index is -4.44. The fourth-order valence-corrected chi connectivity index (χ4v) is 1.56. The quantitative estimate of drug-likeness (QED) is 0.868. The molecule has 16 heavy (non-hydrogen) atoms. The second kappa shape index (κ2) is 4.55. The summed E-state index contributed by atoms with van der Waals surface area (Å²) in [7, 11) is 0. The van der Waals surface area contributed by atoms with E-state index in [0.29, 0.717) is 0 Å². The number of halogens is 3. The van der Waals surface area contributed by atoms with Gasteiger partial charge in [-0.15, -0.1) is 0 Å². The molecule has 1 aromatic carbocycles. The van der Waals surface area contributed by atoms with Crippen LogP contribution in [0.15, 0.2) is 24.3 Å². The van der Waals surface area contributed by atoms with Crippen molar-refractivity contribution in [2.24, 2.45) is 0 Å². The second-order valence-corrected chi connectivity index (χ2v) is 3.58. The smallest absolute Gasteiger partial charge is 0.416 e. The zero-order chi connectivity index (χ0) is 12.3. The third-order valence-electron chi connectivity index (χ3n) is 2.28. The Hall–Kier alpha value is -1.52. The summed E-state index contributed by atoms with van der Waals surface area (Å²) in [5.41, 5.74) is -0.735. The molecule has 0 unspecified atom stereocenters. The summed E-state index contributed by atoms with van der Waals surface area (Å²) in [4.78, 5) is 10.5. The Balaban J connectivity index is 3.08. The second-order valence-electron chi connectivity index (χ2n) is 3.58. The summed E-state index contributed by atoms with van der Waals surface area (Å²) in [5, 5.41) is 8.56. The molecule has 0 radical (unpaired) electrons. The van der Waals surface area contributed by atoms with Crippen molar-refractivity contribution in [3.8, 4) is 0 Å². The standard InChI is InChI=1S/C11H11F3O2/c1-7(6-10(15)16)8-4-2-3-5-9(8)11(12,13)14/h2-5,7H,6H2,1H3,(H,15,16)/t7-/m1/s1. The van der Waals surface area contributed by atoms with Crippen molar-refractivity contribution < 1.29 is 23.1 Å². The highest BCUT2D eigenvalue weighted by atomic mass is 19.4. The molecule has 0 heterocycles. The highest BCUT2D eigenvalue weighted by molar-refractivity contribution is 5.68. The summed E-state index contributed by atoms with van der Waals surface area (Å²) < 4.78 is 37.8. The molecule has 0 fully saturated rings. The van der Waals surface area contributed by atoms with Crippen LogP contribution in [0.2, 0.25) is 0 Å². The molecule has 1 N–H and O–H groups in total. The van der Waals surface area contributed by atoms with Gasteiger partial charge in [0.25, 0.3) is 0 Å². The van der Waals surface area contributed by atoms with Gasteiger partial charge in [0.05, 0.1) is 12.0 Å². The lowest BCUT2D eigenvalue weighted by Gasteiger charge is -2.16. The third-order valence-corrected chi connectivity index (χ3v) is 2.28. The summed E-state index contributed by atoms with van der Waals surface area (Å²) in [5.74, 6) is -1.76. The molecule has 2 nitrogen and oxygen atoms in total. The first-order chi connectivity index (χ1) is 7.32. The average molecular weight is 232 g/mol. The van der Waals surface area contributed by atoms with E-state index in [9.17, 15) is 18.0 Å². The number of carboxylic acid groups (broad SMARTS) is 1. The summed E-state index contributed by atoms with van der Waals surface area (Å²) in [6, 6.07) is 5.05. The first-order valence-electron chi connectivity index (χ1n) is 4.70. The zero-order valence-electron chi connectivity index (χ0n) is 8.58. The SMILES string of the molecule is C[C@H](CC(=O)O)c1ccccc1C(F)(F)F. The topological polar surface area (TPSA) is 37.3 Å². The van der Waals surface area contributed by atoms with Crippen LogP contribution in [0.5, 0.6) is 0 Å². The fourth-order valence-electron chi connectivity index (χ4n) is 1.56. The maximum atomic E-state index is 12.6. The maximum absolute atomic E-state index is 12.6. The highest BCUT2D eigenvalue weighted by Crippen LogP contribution is 2.35. The van der Waals surface area contributed by atoms with Crippen LogP contribution in [0.4, 0.5) is 13.2 Å². The van der Waals surface area contributed by atoms with Crippen molar-refractivity contribution >= 4 is 5.97 Å². The fraction of sp³-hybridized carbons (Fsp3) is 0.364. The van der Waals surface area contributed by atoms with E-state index in [1.165, 1.54) is 25.1 Å². The van der Waals surface area contributed by atoms with Crippen LogP contribution in [0.1, 0.15) is 30.4 Å². The van der Waals surface area contributed by atoms with Crippen molar-refractivity contribution in [1.29, 1.82) is 0 Å². The molecule has 1 atom stereocenters. The van der Waals surface area contributed by atoms with Crippen LogP contribution < -0.4 is 0 Å². The molecule has 1 rings (SSSR count). The summed E-state index contributed by atoms with van der Waals surface area (Å²) in [6.07, 6.45) is -4.75. The van der Waals surface area contributed by atoms with Gasteiger partial charge in [-0.25, -0.2) is 0 Å². The van der Waals surface area contributed by atoms with Crippen LogP contribution in [0.25, 0.3) is 0 Å². The van der Waals surface area contributed by atoms with Gasteiger partial charge in [-0.3, -0.25) is 4.79 Å². The van der Waals surface area contributed by atoms with Crippen molar-refractivity contribution in [3.63, 3.8) is 0 Å². The Bertz CT molecular complexity index is 385. The highest BCUT2D eigenvalue weighted by Gasteiger charge is 2.34. The number of aliphatic carboxylic acids is 1. The predicted octanol–water partition coefficient (Wildman–Crippen LogP) is 3.28. The molecule has 0 amide bonds. The predicted molar refractivity (Wildman–Crippen MR) is 52.1 cm³/mol. The number of carboxylic acids is 1. The first kappa shape index (κ1) is 12.5. The normalized spacial score (nSPS) is 13.5. The molecule has 0 saturated heterocycles. The number of carbonyl (C=O) groups is 1. The molecule has 0 spiro atoms. The van der Waals surface area contributed by atoms with Gasteiger partial charge >= 0.3 is 12.1 Å². The van der Waals surface area contributed by atoms with E-state index in [-0.39, 0.29) is 12.0 Å². The van der Waals surface area contributed by atoms with Gasteiger partial charge < -0.3 is 5.11 Å². The van der Waals surface area contributed by atoms with Crippen molar-refractivity contribution in [2.75, 3.05) is 0 Å². The van der Waals surface area contributed by atoms with E-state index in [1.807, 2.05) is 0 Å². The zero-order valence-corrected chi connectivity index (χ0v) is 8.58. The summed E-state index contributed by atoms with van der Waals surface area (Å²) >= 11 is 0. The van der Waals surface area contributed by atoms with Crippen molar-refractivity contribution in [1.82, 2.24) is 0 Å². The van der Waals surface area contributed by atoms with E-state index in [4.69, 9.17) is 5.11 Å². The van der Waals surface area contributed by atoms with Crippen LogP contribution in [-0.4, -0.2) is 11.1 Å². The molecule has 1 aromatic rings. The number of hydrogen-bond acceptors (Lipinski definition) is 1. The van der Waals surface area contributed by atoms with E-state index in [0.717, 1.165) is 6.07 Å². The minimum Gasteiger partial charge on any atom is -0.481 e. The van der Waals surface area contributed by atoms with Crippen molar-refractivity contribution in [3.05, 3.63) is 35.4 Å². The van der Waals surface area contributed by atoms with Crippen LogP contribution in [0, 0.1) is 0 Å². The van der Waals surface area contributed by atoms with Gasteiger partial charge in [0.2, 0.25) is 0 Å². The van der Waals surface area contributed by atoms with Crippen molar-refractivity contribution in [2.45, 2.75) is 25.4 Å². The lowest BCUT2D eigenvalue weighted by molar-refractivity contribution is -0.140. The Morgan fingerprint density at radius 2 is 1.94 bits per heavy atom. The Morgan fingerprint density at radius 1 is 1.38 bits per heavy atom. The van der Waals surface area contributed by atoms with Gasteiger partial charge in [0.1, 0.15) is 0 Å². The molecular formula is C11H11F3O2. The molecule has 5 heteroatoms. The Labute approximate surface area is 90.7 Å². The van der Waals surface area contributed by atoms with E-state index >= 15 is 0 Å². The Morgan fingerprint density at radius 3 is 2.44 bits per heavy atom. The Kier molecular flexibility index (Phi) is 3.57. The molecule has 0 bridgehead atoms. The molecule has 88 valence electrons. The van der Waals surface area contributed by atoms with Gasteiger partial charge in [-0.05, 0) is 17.5 Å². The van der Waals surface area contributed by atoms with E-state index < -0.39 is 23.6 Å². The van der Waals surface area contributed by atoms with Gasteiger partial charge in [0.15, 0.2) is 0 Å². The number of hydrogen-bond donors (Lipinski definition) is 1. The monoisotopic (exact) mass is 232 g/mol. The van der Waals surface area contributed by atoms with Gasteiger partial charge in [-0.2, -0.15) is 13.2 Å². The molecule has 0 saturated carbocycles. The van der Waals surface area contributed by atoms with E-state index in [1.54, 1.807) is 0 Å². The minimum absolute atomic E-state index is 0.0254. The first-order valence-corrected chi connectivity index (χ1v) is 4.70. The number of benzene rings is 1. The van der Waals surface area contributed by atoms with Gasteiger partial charge in [0, 0.05) is 0 Å². The number of alkyl halides is 3. The summed E-state index contributed by atoms with van der Waals surface area (Å²) in [6.45, 7) is 1.47. The molecule has 0 aromatic heterocycles. The van der Waals surface area contributed by atoms with Gasteiger partial charge in [-0.1, -0.05) is 25.1 Å². The van der Waals surface area contributed by atoms with E-state index in [2.05, 4.69) is 0 Å². The molecular weight excluding hydrogens is 221 g/mol. The lowest BCUT2D eigenvalue weighted by atomic mass is 9.93. The molecule has 0 aliphatic heterocycles.